The average molecular weight is 481 g/mol. The lowest BCUT2D eigenvalue weighted by atomic mass is 9.77. The van der Waals surface area contributed by atoms with Crippen LogP contribution in [-0.4, -0.2) is 10.9 Å². The van der Waals surface area contributed by atoms with E-state index < -0.39 is 10.9 Å². The quantitative estimate of drug-likeness (QED) is 0.143. The number of non-ortho nitro benzene ring substituents is 1. The molecule has 1 N–H and O–H groups in total. The number of rotatable bonds is 4. The molecule has 3 aromatic carbocycles. The first-order valence-corrected chi connectivity index (χ1v) is 11.1. The number of nitro groups is 1. The molecule has 33 heavy (non-hydrogen) atoms. The number of ether oxygens (including phenoxy) is 1. The molecule has 5 rings (SSSR count). The Bertz CT molecular complexity index is 1290. The molecular formula is C25H18Cl2N2O4. The number of nitrogens with zero attached hydrogens (tertiary/aromatic N) is 1. The fraction of sp³-hybridized carbons (Fsp3) is 0.160. The number of carbonyl (C=O) groups excluding carboxylic acids is 1. The van der Waals surface area contributed by atoms with Gasteiger partial charge in [0, 0.05) is 28.8 Å². The molecule has 0 saturated carbocycles. The van der Waals surface area contributed by atoms with Gasteiger partial charge in [-0.1, -0.05) is 47.5 Å². The van der Waals surface area contributed by atoms with Crippen molar-refractivity contribution in [3.05, 3.63) is 110 Å². The topological polar surface area (TPSA) is 81.5 Å². The largest absolute Gasteiger partial charge is 0.423 e. The van der Waals surface area contributed by atoms with Crippen LogP contribution in [0.5, 0.6) is 5.75 Å². The van der Waals surface area contributed by atoms with Gasteiger partial charge in [0.15, 0.2) is 0 Å². The summed E-state index contributed by atoms with van der Waals surface area (Å²) >= 11 is 12.0. The summed E-state index contributed by atoms with van der Waals surface area (Å²) in [7, 11) is 0. The highest BCUT2D eigenvalue weighted by molar-refractivity contribution is 6.36. The van der Waals surface area contributed by atoms with Crippen molar-refractivity contribution >= 4 is 40.5 Å². The van der Waals surface area contributed by atoms with Crippen molar-refractivity contribution in [1.29, 1.82) is 0 Å². The molecule has 1 heterocycles. The fourth-order valence-electron chi connectivity index (χ4n) is 4.59. The molecule has 3 atom stereocenters. The number of fused-ring (bicyclic) bond motifs is 3. The molecule has 0 bridgehead atoms. The van der Waals surface area contributed by atoms with Crippen LogP contribution in [-0.2, 0) is 0 Å². The molecule has 0 unspecified atom stereocenters. The van der Waals surface area contributed by atoms with Crippen LogP contribution in [0.1, 0.15) is 39.9 Å². The number of anilines is 1. The highest BCUT2D eigenvalue weighted by Gasteiger charge is 2.38. The monoisotopic (exact) mass is 480 g/mol. The van der Waals surface area contributed by atoms with E-state index in [1.165, 1.54) is 24.3 Å². The van der Waals surface area contributed by atoms with Gasteiger partial charge < -0.3 is 10.1 Å². The lowest BCUT2D eigenvalue weighted by Crippen LogP contribution is -2.29. The van der Waals surface area contributed by atoms with E-state index in [1.807, 2.05) is 24.3 Å². The summed E-state index contributed by atoms with van der Waals surface area (Å²) in [6.07, 6.45) is 5.20. The Hall–Kier alpha value is -3.35. The second-order valence-electron chi connectivity index (χ2n) is 8.09. The minimum absolute atomic E-state index is 0.0135. The highest BCUT2D eigenvalue weighted by atomic mass is 35.5. The van der Waals surface area contributed by atoms with Gasteiger partial charge in [-0.3, -0.25) is 10.1 Å². The third kappa shape index (κ3) is 4.08. The number of halogens is 2. The molecular weight excluding hydrogens is 463 g/mol. The molecule has 6 nitrogen and oxygen atoms in total. The van der Waals surface area contributed by atoms with Gasteiger partial charge in [-0.05, 0) is 59.9 Å². The number of nitrogens with one attached hydrogen (secondary N) is 1. The van der Waals surface area contributed by atoms with Gasteiger partial charge in [0.05, 0.1) is 21.6 Å². The first kappa shape index (κ1) is 21.5. The summed E-state index contributed by atoms with van der Waals surface area (Å²) in [6, 6.07) is 16.8. The van der Waals surface area contributed by atoms with E-state index in [0.717, 1.165) is 23.2 Å². The zero-order chi connectivity index (χ0) is 23.1. The standard InChI is InChI=1S/C25H18Cl2N2O4/c26-15-6-10-20(22(27)12-15)25(30)33-17-9-11-23-21(13-17)18-2-1-3-19(18)24(28-23)14-4-7-16(8-5-14)29(31)32/h1-2,4-13,18-19,24,28H,3H2/t18-,19+,24-/m1/s1. The molecule has 166 valence electrons. The maximum absolute atomic E-state index is 12.6. The van der Waals surface area contributed by atoms with Crippen LogP contribution in [0.2, 0.25) is 10.0 Å². The summed E-state index contributed by atoms with van der Waals surface area (Å²) < 4.78 is 5.60. The summed E-state index contributed by atoms with van der Waals surface area (Å²) in [5.74, 6) is 0.261. The van der Waals surface area contributed by atoms with Gasteiger partial charge in [0.1, 0.15) is 5.75 Å². The predicted molar refractivity (Wildman–Crippen MR) is 127 cm³/mol. The first-order chi connectivity index (χ1) is 15.9. The van der Waals surface area contributed by atoms with E-state index in [9.17, 15) is 14.9 Å². The van der Waals surface area contributed by atoms with Crippen LogP contribution in [0.3, 0.4) is 0 Å². The first-order valence-electron chi connectivity index (χ1n) is 10.4. The van der Waals surface area contributed by atoms with Crippen molar-refractivity contribution in [1.82, 2.24) is 0 Å². The number of allylic oxidation sites excluding steroid dienone is 2. The number of carbonyl (C=O) groups is 1. The Balaban J connectivity index is 1.41. The van der Waals surface area contributed by atoms with Crippen molar-refractivity contribution in [2.45, 2.75) is 18.4 Å². The van der Waals surface area contributed by atoms with E-state index in [2.05, 4.69) is 17.5 Å². The van der Waals surface area contributed by atoms with E-state index >= 15 is 0 Å². The van der Waals surface area contributed by atoms with Gasteiger partial charge in [0.25, 0.3) is 5.69 Å². The number of hydrogen-bond donors (Lipinski definition) is 1. The van der Waals surface area contributed by atoms with Crippen LogP contribution >= 0.6 is 23.2 Å². The van der Waals surface area contributed by atoms with Crippen molar-refractivity contribution in [3.8, 4) is 5.75 Å². The van der Waals surface area contributed by atoms with Crippen LogP contribution in [0.15, 0.2) is 72.8 Å². The highest BCUT2D eigenvalue weighted by Crippen LogP contribution is 2.50. The Morgan fingerprint density at radius 1 is 1.06 bits per heavy atom. The molecule has 2 aliphatic rings. The van der Waals surface area contributed by atoms with Crippen molar-refractivity contribution in [3.63, 3.8) is 0 Å². The molecule has 0 fully saturated rings. The van der Waals surface area contributed by atoms with E-state index in [0.29, 0.717) is 10.8 Å². The summed E-state index contributed by atoms with van der Waals surface area (Å²) in [5, 5.41) is 15.2. The number of esters is 1. The fourth-order valence-corrected chi connectivity index (χ4v) is 5.07. The number of nitro benzene ring substituents is 1. The van der Waals surface area contributed by atoms with Crippen LogP contribution in [0.25, 0.3) is 0 Å². The molecule has 3 aromatic rings. The lowest BCUT2D eigenvalue weighted by Gasteiger charge is -2.37. The SMILES string of the molecule is O=C(Oc1ccc2c(c1)[C@@H]1C=CC[C@@H]1[C@@H](c1ccc([N+](=O)[O-])cc1)N2)c1ccc(Cl)cc1Cl. The van der Waals surface area contributed by atoms with Crippen molar-refractivity contribution in [2.75, 3.05) is 5.32 Å². The minimum atomic E-state index is -0.553. The normalized spacial score (nSPS) is 20.5. The van der Waals surface area contributed by atoms with Gasteiger partial charge in [-0.2, -0.15) is 0 Å². The number of hydrogen-bond acceptors (Lipinski definition) is 5. The molecule has 0 saturated heterocycles. The molecule has 8 heteroatoms. The smallest absolute Gasteiger partial charge is 0.345 e. The minimum Gasteiger partial charge on any atom is -0.423 e. The summed E-state index contributed by atoms with van der Waals surface area (Å²) in [6.45, 7) is 0. The second-order valence-corrected chi connectivity index (χ2v) is 8.93. The van der Waals surface area contributed by atoms with Crippen LogP contribution < -0.4 is 10.1 Å². The third-order valence-electron chi connectivity index (χ3n) is 6.16. The Morgan fingerprint density at radius 2 is 1.85 bits per heavy atom. The lowest BCUT2D eigenvalue weighted by molar-refractivity contribution is -0.384. The van der Waals surface area contributed by atoms with Gasteiger partial charge in [-0.25, -0.2) is 4.79 Å². The Morgan fingerprint density at radius 3 is 2.58 bits per heavy atom. The molecule has 0 radical (unpaired) electrons. The molecule has 1 aliphatic heterocycles. The molecule has 0 amide bonds. The van der Waals surface area contributed by atoms with Crippen molar-refractivity contribution in [2.24, 2.45) is 5.92 Å². The maximum atomic E-state index is 12.6. The van der Waals surface area contributed by atoms with Gasteiger partial charge >= 0.3 is 5.97 Å². The average Bonchev–Trinajstić information content (AvgIpc) is 3.29. The van der Waals surface area contributed by atoms with Crippen LogP contribution in [0, 0.1) is 16.0 Å². The van der Waals surface area contributed by atoms with Gasteiger partial charge in [-0.15, -0.1) is 0 Å². The molecule has 0 aromatic heterocycles. The van der Waals surface area contributed by atoms with E-state index in [1.54, 1.807) is 12.1 Å². The van der Waals surface area contributed by atoms with Crippen LogP contribution in [0.4, 0.5) is 11.4 Å². The number of benzene rings is 3. The van der Waals surface area contributed by atoms with Gasteiger partial charge in [0.2, 0.25) is 0 Å². The Kier molecular flexibility index (Phi) is 5.56. The zero-order valence-corrected chi connectivity index (χ0v) is 18.7. The summed E-state index contributed by atoms with van der Waals surface area (Å²) in [5.41, 5.74) is 3.30. The molecule has 1 aliphatic carbocycles. The maximum Gasteiger partial charge on any atom is 0.345 e. The molecule has 0 spiro atoms. The van der Waals surface area contributed by atoms with E-state index in [4.69, 9.17) is 27.9 Å². The van der Waals surface area contributed by atoms with Crippen molar-refractivity contribution < 1.29 is 14.5 Å². The zero-order valence-electron chi connectivity index (χ0n) is 17.2. The van der Waals surface area contributed by atoms with E-state index in [-0.39, 0.29) is 34.2 Å². The second kappa shape index (κ2) is 8.54. The third-order valence-corrected chi connectivity index (χ3v) is 6.71. The summed E-state index contributed by atoms with van der Waals surface area (Å²) in [4.78, 5) is 23.2. The Labute approximate surface area is 199 Å². The predicted octanol–water partition coefficient (Wildman–Crippen LogP) is 6.95.